The van der Waals surface area contributed by atoms with Gasteiger partial charge >= 0.3 is 0 Å². The molecule has 0 unspecified atom stereocenters. The number of para-hydroxylation sites is 1. The number of benzene rings is 1. The molecule has 0 fully saturated rings. The van der Waals surface area contributed by atoms with Crippen molar-refractivity contribution in [2.45, 2.75) is 12.8 Å². The normalized spacial score (nSPS) is 9.83. The topological polar surface area (TPSA) is 41.1 Å². The molecule has 1 aromatic rings. The molecule has 1 aromatic carbocycles. The van der Waals surface area contributed by atoms with Crippen LogP contribution in [0, 0.1) is 24.0 Å². The molecule has 96 valence electrons. The smallest absolute Gasteiger partial charge is 0.238 e. The van der Waals surface area contributed by atoms with E-state index in [1.54, 1.807) is 0 Å². The average Bonchev–Trinajstić information content (AvgIpc) is 2.34. The van der Waals surface area contributed by atoms with Crippen LogP contribution in [-0.2, 0) is 4.79 Å². The van der Waals surface area contributed by atoms with Crippen LogP contribution in [0.1, 0.15) is 12.8 Å². The lowest BCUT2D eigenvalue weighted by molar-refractivity contribution is -0.115. The highest BCUT2D eigenvalue weighted by atomic mass is 19.1. The van der Waals surface area contributed by atoms with Crippen LogP contribution in [0.15, 0.2) is 18.2 Å². The first kappa shape index (κ1) is 14.1. The van der Waals surface area contributed by atoms with Crippen molar-refractivity contribution < 1.29 is 13.6 Å². The molecule has 2 N–H and O–H groups in total. The fourth-order valence-electron chi connectivity index (χ4n) is 1.32. The molecule has 0 heterocycles. The lowest BCUT2D eigenvalue weighted by Crippen LogP contribution is -2.29. The molecular weight excluding hydrogens is 238 g/mol. The van der Waals surface area contributed by atoms with Crippen LogP contribution < -0.4 is 10.6 Å². The number of rotatable bonds is 6. The van der Waals surface area contributed by atoms with Gasteiger partial charge in [-0.1, -0.05) is 6.07 Å². The lowest BCUT2D eigenvalue weighted by atomic mass is 10.3. The van der Waals surface area contributed by atoms with Crippen molar-refractivity contribution in [1.82, 2.24) is 5.32 Å². The summed E-state index contributed by atoms with van der Waals surface area (Å²) in [6, 6.07) is 3.40. The van der Waals surface area contributed by atoms with E-state index in [4.69, 9.17) is 6.42 Å². The number of hydrogen-bond acceptors (Lipinski definition) is 2. The molecular formula is C13H14F2N2O. The van der Waals surface area contributed by atoms with Crippen LogP contribution in [0.25, 0.3) is 0 Å². The number of halogens is 2. The molecule has 0 aliphatic rings. The Hall–Kier alpha value is -1.93. The zero-order valence-corrected chi connectivity index (χ0v) is 9.80. The highest BCUT2D eigenvalue weighted by molar-refractivity contribution is 5.92. The summed E-state index contributed by atoms with van der Waals surface area (Å²) in [7, 11) is 0. The van der Waals surface area contributed by atoms with Gasteiger partial charge in [0, 0.05) is 6.42 Å². The second-order valence-corrected chi connectivity index (χ2v) is 3.63. The number of anilines is 1. The number of carbonyl (C=O) groups is 1. The molecule has 3 nitrogen and oxygen atoms in total. The number of terminal acetylenes is 1. The summed E-state index contributed by atoms with van der Waals surface area (Å²) in [6.07, 6.45) is 6.44. The van der Waals surface area contributed by atoms with E-state index in [1.807, 2.05) is 0 Å². The molecule has 0 atom stereocenters. The monoisotopic (exact) mass is 252 g/mol. The van der Waals surface area contributed by atoms with Crippen molar-refractivity contribution in [3.05, 3.63) is 29.8 Å². The van der Waals surface area contributed by atoms with Gasteiger partial charge in [-0.3, -0.25) is 4.79 Å². The number of nitrogens with one attached hydrogen (secondary N) is 2. The van der Waals surface area contributed by atoms with Gasteiger partial charge in [-0.2, -0.15) is 0 Å². The molecule has 0 saturated heterocycles. The van der Waals surface area contributed by atoms with E-state index in [0.29, 0.717) is 13.0 Å². The third kappa shape index (κ3) is 4.52. The van der Waals surface area contributed by atoms with Crippen molar-refractivity contribution in [2.24, 2.45) is 0 Å². The molecule has 0 saturated carbocycles. The Balaban J connectivity index is 2.39. The van der Waals surface area contributed by atoms with E-state index in [2.05, 4.69) is 16.6 Å². The van der Waals surface area contributed by atoms with E-state index < -0.39 is 23.2 Å². The quantitative estimate of drug-likeness (QED) is 0.600. The Morgan fingerprint density at radius 1 is 1.33 bits per heavy atom. The summed E-state index contributed by atoms with van der Waals surface area (Å²) in [5.41, 5.74) is -0.423. The summed E-state index contributed by atoms with van der Waals surface area (Å²) >= 11 is 0. The number of carbonyl (C=O) groups excluding carboxylic acids is 1. The first-order chi connectivity index (χ1) is 8.65. The second-order valence-electron chi connectivity index (χ2n) is 3.63. The van der Waals surface area contributed by atoms with Gasteiger partial charge in [0.25, 0.3) is 0 Å². The minimum atomic E-state index is -0.796. The molecule has 0 aliphatic carbocycles. The van der Waals surface area contributed by atoms with E-state index in [1.165, 1.54) is 6.07 Å². The van der Waals surface area contributed by atoms with Gasteiger partial charge in [0.05, 0.1) is 6.54 Å². The van der Waals surface area contributed by atoms with E-state index >= 15 is 0 Å². The largest absolute Gasteiger partial charge is 0.320 e. The number of amides is 1. The maximum absolute atomic E-state index is 13.2. The average molecular weight is 252 g/mol. The van der Waals surface area contributed by atoms with Gasteiger partial charge in [0.1, 0.15) is 17.3 Å². The number of unbranched alkanes of at least 4 members (excludes halogenated alkanes) is 1. The van der Waals surface area contributed by atoms with Crippen LogP contribution in [0.3, 0.4) is 0 Å². The van der Waals surface area contributed by atoms with Crippen molar-refractivity contribution in [2.75, 3.05) is 18.4 Å². The summed E-state index contributed by atoms with van der Waals surface area (Å²) < 4.78 is 26.4. The highest BCUT2D eigenvalue weighted by Crippen LogP contribution is 2.17. The molecule has 0 bridgehead atoms. The first-order valence-corrected chi connectivity index (χ1v) is 5.53. The van der Waals surface area contributed by atoms with Crippen LogP contribution >= 0.6 is 0 Å². The van der Waals surface area contributed by atoms with Gasteiger partial charge in [-0.15, -0.1) is 12.3 Å². The van der Waals surface area contributed by atoms with E-state index in [0.717, 1.165) is 18.6 Å². The van der Waals surface area contributed by atoms with Crippen molar-refractivity contribution >= 4 is 11.6 Å². The van der Waals surface area contributed by atoms with Gasteiger partial charge in [-0.25, -0.2) is 8.78 Å². The van der Waals surface area contributed by atoms with Crippen LogP contribution in [0.2, 0.25) is 0 Å². The predicted octanol–water partition coefficient (Wildman–Crippen LogP) is 1.91. The molecule has 1 amide bonds. The Labute approximate surface area is 105 Å². The third-order valence-electron chi connectivity index (χ3n) is 2.19. The fraction of sp³-hybridized carbons (Fsp3) is 0.308. The number of hydrogen-bond donors (Lipinski definition) is 2. The zero-order valence-electron chi connectivity index (χ0n) is 9.80. The standard InChI is InChI=1S/C13H14F2N2O/c1-2-3-4-8-16-9-12(18)17-13-10(14)6-5-7-11(13)15/h1,5-7,16H,3-4,8-9H2,(H,17,18). The second kappa shape index (κ2) is 7.41. The molecule has 0 aromatic heterocycles. The van der Waals surface area contributed by atoms with Gasteiger partial charge in [-0.05, 0) is 25.1 Å². The molecule has 5 heteroatoms. The fourth-order valence-corrected chi connectivity index (χ4v) is 1.32. The van der Waals surface area contributed by atoms with Crippen molar-refractivity contribution in [1.29, 1.82) is 0 Å². The molecule has 18 heavy (non-hydrogen) atoms. The Kier molecular flexibility index (Phi) is 5.81. The minimum absolute atomic E-state index is 0.0155. The summed E-state index contributed by atoms with van der Waals surface area (Å²) in [5, 5.41) is 5.00. The highest BCUT2D eigenvalue weighted by Gasteiger charge is 2.11. The third-order valence-corrected chi connectivity index (χ3v) is 2.19. The minimum Gasteiger partial charge on any atom is -0.320 e. The molecule has 1 rings (SSSR count). The molecule has 0 aliphatic heterocycles. The molecule has 0 spiro atoms. The summed E-state index contributed by atoms with van der Waals surface area (Å²) in [6.45, 7) is 0.565. The Bertz CT molecular complexity index is 435. The Morgan fingerprint density at radius 2 is 2.00 bits per heavy atom. The summed E-state index contributed by atoms with van der Waals surface area (Å²) in [4.78, 5) is 11.4. The van der Waals surface area contributed by atoms with Crippen LogP contribution in [-0.4, -0.2) is 19.0 Å². The lowest BCUT2D eigenvalue weighted by Gasteiger charge is -2.08. The predicted molar refractivity (Wildman–Crippen MR) is 65.9 cm³/mol. The maximum Gasteiger partial charge on any atom is 0.238 e. The maximum atomic E-state index is 13.2. The van der Waals surface area contributed by atoms with E-state index in [-0.39, 0.29) is 6.54 Å². The first-order valence-electron chi connectivity index (χ1n) is 5.53. The van der Waals surface area contributed by atoms with Crippen molar-refractivity contribution in [3.63, 3.8) is 0 Å². The van der Waals surface area contributed by atoms with Gasteiger partial charge in [0.15, 0.2) is 0 Å². The van der Waals surface area contributed by atoms with Crippen LogP contribution in [0.5, 0.6) is 0 Å². The van der Waals surface area contributed by atoms with Crippen molar-refractivity contribution in [3.8, 4) is 12.3 Å². The van der Waals surface area contributed by atoms with Crippen LogP contribution in [0.4, 0.5) is 14.5 Å². The van der Waals surface area contributed by atoms with Gasteiger partial charge in [0.2, 0.25) is 5.91 Å². The van der Waals surface area contributed by atoms with E-state index in [9.17, 15) is 13.6 Å². The van der Waals surface area contributed by atoms with Gasteiger partial charge < -0.3 is 10.6 Å². The molecule has 0 radical (unpaired) electrons. The summed E-state index contributed by atoms with van der Waals surface area (Å²) in [5.74, 6) is 0.379. The Morgan fingerprint density at radius 3 is 2.61 bits per heavy atom. The SMILES string of the molecule is C#CCCCNCC(=O)Nc1c(F)cccc1F. The zero-order chi connectivity index (χ0) is 13.4.